The molecule has 0 saturated carbocycles. The highest BCUT2D eigenvalue weighted by Gasteiger charge is 2.35. The van der Waals surface area contributed by atoms with Crippen LogP contribution < -0.4 is 15.4 Å². The predicted octanol–water partition coefficient (Wildman–Crippen LogP) is 2.48. The van der Waals surface area contributed by atoms with Crippen molar-refractivity contribution in [3.8, 4) is 17.1 Å². The fourth-order valence-corrected chi connectivity index (χ4v) is 2.94. The first kappa shape index (κ1) is 16.8. The van der Waals surface area contributed by atoms with Crippen LogP contribution in [0.3, 0.4) is 0 Å². The zero-order valence-corrected chi connectivity index (χ0v) is 14.5. The van der Waals surface area contributed by atoms with Crippen LogP contribution in [0.25, 0.3) is 11.4 Å². The van der Waals surface area contributed by atoms with Gasteiger partial charge in [0.15, 0.2) is 5.82 Å². The lowest BCUT2D eigenvalue weighted by Gasteiger charge is -2.12. The molecule has 8 heteroatoms. The number of hydrogen-bond donors (Lipinski definition) is 2. The Kier molecular flexibility index (Phi) is 4.29. The SMILES string of the molecule is COc1ccccc1NC(=O)C[C@H]1C(=O)Nc2nc(-c3ccccc3)nn21. The van der Waals surface area contributed by atoms with Gasteiger partial charge in [-0.1, -0.05) is 42.5 Å². The molecule has 8 nitrogen and oxygen atoms in total. The van der Waals surface area contributed by atoms with Crippen LogP contribution in [0.15, 0.2) is 54.6 Å². The molecule has 136 valence electrons. The van der Waals surface area contributed by atoms with E-state index in [1.807, 2.05) is 36.4 Å². The van der Waals surface area contributed by atoms with Crippen LogP contribution in [0.2, 0.25) is 0 Å². The topological polar surface area (TPSA) is 98.1 Å². The Balaban J connectivity index is 1.53. The largest absolute Gasteiger partial charge is 0.495 e. The van der Waals surface area contributed by atoms with Crippen molar-refractivity contribution in [1.29, 1.82) is 0 Å². The second-order valence-corrected chi connectivity index (χ2v) is 6.03. The number of amides is 2. The minimum absolute atomic E-state index is 0.0610. The maximum Gasteiger partial charge on any atom is 0.252 e. The van der Waals surface area contributed by atoms with Crippen LogP contribution in [-0.2, 0) is 9.59 Å². The van der Waals surface area contributed by atoms with Crippen molar-refractivity contribution in [2.24, 2.45) is 0 Å². The van der Waals surface area contributed by atoms with Crippen molar-refractivity contribution < 1.29 is 14.3 Å². The lowest BCUT2D eigenvalue weighted by atomic mass is 10.2. The van der Waals surface area contributed by atoms with Crippen molar-refractivity contribution in [3.05, 3.63) is 54.6 Å². The van der Waals surface area contributed by atoms with Gasteiger partial charge < -0.3 is 10.1 Å². The summed E-state index contributed by atoms with van der Waals surface area (Å²) < 4.78 is 6.69. The van der Waals surface area contributed by atoms with Gasteiger partial charge in [-0.25, -0.2) is 4.68 Å². The van der Waals surface area contributed by atoms with Crippen LogP contribution in [0, 0.1) is 0 Å². The number of rotatable bonds is 5. The van der Waals surface area contributed by atoms with Crippen molar-refractivity contribution in [3.63, 3.8) is 0 Å². The Morgan fingerprint density at radius 2 is 1.93 bits per heavy atom. The summed E-state index contributed by atoms with van der Waals surface area (Å²) in [5.74, 6) is 0.772. The van der Waals surface area contributed by atoms with E-state index in [1.165, 1.54) is 11.8 Å². The molecule has 27 heavy (non-hydrogen) atoms. The fourth-order valence-electron chi connectivity index (χ4n) is 2.94. The second-order valence-electron chi connectivity index (χ2n) is 6.03. The van der Waals surface area contributed by atoms with E-state index in [4.69, 9.17) is 4.74 Å². The summed E-state index contributed by atoms with van der Waals surface area (Å²) in [7, 11) is 1.53. The number of carbonyl (C=O) groups excluding carboxylic acids is 2. The average Bonchev–Trinajstić information content (AvgIpc) is 3.22. The lowest BCUT2D eigenvalue weighted by molar-refractivity contribution is -0.123. The third kappa shape index (κ3) is 3.24. The number of fused-ring (bicyclic) bond motifs is 1. The van der Waals surface area contributed by atoms with Crippen LogP contribution in [0.1, 0.15) is 12.5 Å². The number of para-hydroxylation sites is 2. The third-order valence-corrected chi connectivity index (χ3v) is 4.26. The van der Waals surface area contributed by atoms with Crippen molar-refractivity contribution >= 4 is 23.5 Å². The van der Waals surface area contributed by atoms with Crippen molar-refractivity contribution in [2.75, 3.05) is 17.7 Å². The summed E-state index contributed by atoms with van der Waals surface area (Å²) in [4.78, 5) is 29.0. The summed E-state index contributed by atoms with van der Waals surface area (Å²) >= 11 is 0. The number of anilines is 2. The molecule has 0 unspecified atom stereocenters. The minimum atomic E-state index is -0.750. The minimum Gasteiger partial charge on any atom is -0.495 e. The first-order valence-corrected chi connectivity index (χ1v) is 8.41. The molecule has 1 aliphatic rings. The summed E-state index contributed by atoms with van der Waals surface area (Å²) in [5, 5.41) is 9.85. The van der Waals surface area contributed by atoms with Crippen LogP contribution >= 0.6 is 0 Å². The Morgan fingerprint density at radius 1 is 1.19 bits per heavy atom. The second kappa shape index (κ2) is 6.91. The number of hydrogen-bond acceptors (Lipinski definition) is 5. The first-order valence-electron chi connectivity index (χ1n) is 8.41. The van der Waals surface area contributed by atoms with Gasteiger partial charge in [0.05, 0.1) is 19.2 Å². The van der Waals surface area contributed by atoms with E-state index < -0.39 is 6.04 Å². The smallest absolute Gasteiger partial charge is 0.252 e. The predicted molar refractivity (Wildman–Crippen MR) is 99.4 cm³/mol. The van der Waals surface area contributed by atoms with E-state index in [-0.39, 0.29) is 18.2 Å². The summed E-state index contributed by atoms with van der Waals surface area (Å²) in [6.45, 7) is 0. The molecule has 0 saturated heterocycles. The molecule has 0 aliphatic carbocycles. The molecule has 0 bridgehead atoms. The van der Waals surface area contributed by atoms with Gasteiger partial charge in [0.2, 0.25) is 11.9 Å². The van der Waals surface area contributed by atoms with Gasteiger partial charge in [-0.15, -0.1) is 5.10 Å². The van der Waals surface area contributed by atoms with Crippen molar-refractivity contribution in [2.45, 2.75) is 12.5 Å². The van der Waals surface area contributed by atoms with Crippen LogP contribution in [-0.4, -0.2) is 33.7 Å². The molecule has 2 heterocycles. The molecule has 1 atom stereocenters. The van der Waals surface area contributed by atoms with Gasteiger partial charge in [-0.2, -0.15) is 4.98 Å². The maximum absolute atomic E-state index is 12.5. The van der Waals surface area contributed by atoms with E-state index in [0.717, 1.165) is 5.56 Å². The summed E-state index contributed by atoms with van der Waals surface area (Å²) in [5.41, 5.74) is 1.39. The highest BCUT2D eigenvalue weighted by Crippen LogP contribution is 2.29. The number of nitrogens with one attached hydrogen (secondary N) is 2. The number of carbonyl (C=O) groups is 2. The number of ether oxygens (including phenoxy) is 1. The molecule has 1 aromatic heterocycles. The van der Waals surface area contributed by atoms with E-state index in [1.54, 1.807) is 18.2 Å². The van der Waals surface area contributed by atoms with Crippen LogP contribution in [0.4, 0.5) is 11.6 Å². The molecule has 0 spiro atoms. The highest BCUT2D eigenvalue weighted by atomic mass is 16.5. The highest BCUT2D eigenvalue weighted by molar-refractivity contribution is 6.01. The molecule has 4 rings (SSSR count). The normalized spacial score (nSPS) is 15.1. The van der Waals surface area contributed by atoms with E-state index in [9.17, 15) is 9.59 Å². The Morgan fingerprint density at radius 3 is 2.70 bits per heavy atom. The average molecular weight is 363 g/mol. The molecular formula is C19H17N5O3. The Labute approximate surface area is 155 Å². The number of benzene rings is 2. The van der Waals surface area contributed by atoms with Gasteiger partial charge >= 0.3 is 0 Å². The van der Waals surface area contributed by atoms with Gasteiger partial charge in [-0.3, -0.25) is 14.9 Å². The quantitative estimate of drug-likeness (QED) is 0.726. The van der Waals surface area contributed by atoms with E-state index in [2.05, 4.69) is 20.7 Å². The molecule has 2 N–H and O–H groups in total. The van der Waals surface area contributed by atoms with E-state index in [0.29, 0.717) is 23.2 Å². The lowest BCUT2D eigenvalue weighted by Crippen LogP contribution is -2.24. The first-order chi connectivity index (χ1) is 13.2. The molecule has 0 radical (unpaired) electrons. The maximum atomic E-state index is 12.5. The molecule has 0 fully saturated rings. The molecular weight excluding hydrogens is 346 g/mol. The number of nitrogens with zero attached hydrogens (tertiary/aromatic N) is 3. The van der Waals surface area contributed by atoms with Crippen molar-refractivity contribution in [1.82, 2.24) is 14.8 Å². The monoisotopic (exact) mass is 363 g/mol. The van der Waals surface area contributed by atoms with Gasteiger partial charge in [0.1, 0.15) is 11.8 Å². The van der Waals surface area contributed by atoms with E-state index >= 15 is 0 Å². The molecule has 1 aliphatic heterocycles. The number of aromatic nitrogens is 3. The van der Waals surface area contributed by atoms with Crippen LogP contribution in [0.5, 0.6) is 5.75 Å². The van der Waals surface area contributed by atoms with Gasteiger partial charge in [0.25, 0.3) is 5.91 Å². The summed E-state index contributed by atoms with van der Waals surface area (Å²) in [6, 6.07) is 15.8. The standard InChI is InChI=1S/C19H17N5O3/c1-27-15-10-6-5-9-13(15)20-16(25)11-14-18(26)22-19-21-17(23-24(14)19)12-7-3-2-4-8-12/h2-10,14H,11H2,1H3,(H,20,25)(H,21,22,23,26)/t14-/m0/s1. The zero-order valence-electron chi connectivity index (χ0n) is 14.5. The molecule has 3 aromatic rings. The molecule has 2 amide bonds. The Hall–Kier alpha value is -3.68. The Bertz CT molecular complexity index is 1000. The zero-order chi connectivity index (χ0) is 18.8. The summed E-state index contributed by atoms with van der Waals surface area (Å²) in [6.07, 6.45) is -0.0610. The fraction of sp³-hybridized carbons (Fsp3) is 0.158. The van der Waals surface area contributed by atoms with Gasteiger partial charge in [0, 0.05) is 5.56 Å². The molecule has 2 aromatic carbocycles. The number of methoxy groups -OCH3 is 1. The third-order valence-electron chi connectivity index (χ3n) is 4.26. The van der Waals surface area contributed by atoms with Gasteiger partial charge in [-0.05, 0) is 12.1 Å².